The summed E-state index contributed by atoms with van der Waals surface area (Å²) in [6, 6.07) is 16.5. The second-order valence-corrected chi connectivity index (χ2v) is 5.84. The molecule has 0 aliphatic heterocycles. The highest BCUT2D eigenvalue weighted by atomic mass is 32.1. The molecule has 1 N–H and O–H groups in total. The summed E-state index contributed by atoms with van der Waals surface area (Å²) < 4.78 is 0. The number of benzene rings is 2. The molecule has 0 saturated heterocycles. The summed E-state index contributed by atoms with van der Waals surface area (Å²) in [5.41, 5.74) is 4.13. The second kappa shape index (κ2) is 6.54. The third kappa shape index (κ3) is 3.35. The first-order valence-corrected chi connectivity index (χ1v) is 7.94. The molecule has 0 aliphatic rings. The fourth-order valence-electron chi connectivity index (χ4n) is 2.21. The number of nitrogens with one attached hydrogen (secondary N) is 1. The zero-order valence-corrected chi connectivity index (χ0v) is 13.3. The number of Topliss-reactive ketones (excluding diaryl/α,β-unsaturated/α-hetero) is 1. The van der Waals surface area contributed by atoms with Gasteiger partial charge in [0, 0.05) is 11.3 Å². The van der Waals surface area contributed by atoms with Crippen LogP contribution in [0, 0.1) is 0 Å². The van der Waals surface area contributed by atoms with Crippen LogP contribution in [0.1, 0.15) is 27.8 Å². The van der Waals surface area contributed by atoms with Crippen LogP contribution in [-0.2, 0) is 0 Å². The molecule has 114 valence electrons. The summed E-state index contributed by atoms with van der Waals surface area (Å²) >= 11 is 1.42. The molecule has 23 heavy (non-hydrogen) atoms. The number of ketones is 1. The van der Waals surface area contributed by atoms with Crippen LogP contribution in [0.15, 0.2) is 60.1 Å². The predicted octanol–water partition coefficient (Wildman–Crippen LogP) is 4.27. The van der Waals surface area contributed by atoms with E-state index in [-0.39, 0.29) is 11.7 Å². The minimum atomic E-state index is -0.286. The fraction of sp³-hybridized carbons (Fsp3) is 0.0556. The minimum Gasteiger partial charge on any atom is -0.321 e. The highest BCUT2D eigenvalue weighted by Gasteiger charge is 2.16. The molecule has 4 nitrogen and oxygen atoms in total. The van der Waals surface area contributed by atoms with Crippen LogP contribution in [-0.4, -0.2) is 16.7 Å². The number of carbonyl (C=O) groups excluding carboxylic acids is 2. The molecule has 0 saturated carbocycles. The Hall–Kier alpha value is -2.79. The van der Waals surface area contributed by atoms with Crippen molar-refractivity contribution in [2.75, 3.05) is 5.32 Å². The maximum absolute atomic E-state index is 12.5. The van der Waals surface area contributed by atoms with E-state index in [9.17, 15) is 9.59 Å². The van der Waals surface area contributed by atoms with Crippen molar-refractivity contribution in [3.05, 3.63) is 71.4 Å². The molecule has 3 aromatic rings. The summed E-state index contributed by atoms with van der Waals surface area (Å²) in [4.78, 5) is 28.9. The number of hydrogen-bond donors (Lipinski definition) is 1. The Bertz CT molecular complexity index is 856. The Balaban J connectivity index is 1.87. The largest absolute Gasteiger partial charge is 0.321 e. The van der Waals surface area contributed by atoms with Crippen molar-refractivity contribution >= 4 is 28.7 Å². The predicted molar refractivity (Wildman–Crippen MR) is 91.9 cm³/mol. The van der Waals surface area contributed by atoms with Crippen LogP contribution in [0.4, 0.5) is 5.69 Å². The van der Waals surface area contributed by atoms with Gasteiger partial charge in [0.2, 0.25) is 0 Å². The highest BCUT2D eigenvalue weighted by Crippen LogP contribution is 2.28. The number of hydrogen-bond acceptors (Lipinski definition) is 4. The van der Waals surface area contributed by atoms with Gasteiger partial charge in [0.15, 0.2) is 5.78 Å². The first kappa shape index (κ1) is 15.1. The molecule has 0 unspecified atom stereocenters. The molecule has 0 atom stereocenters. The van der Waals surface area contributed by atoms with Crippen molar-refractivity contribution in [1.82, 2.24) is 4.98 Å². The number of amides is 1. The Morgan fingerprint density at radius 3 is 2.57 bits per heavy atom. The molecule has 0 fully saturated rings. The van der Waals surface area contributed by atoms with Crippen molar-refractivity contribution in [2.24, 2.45) is 0 Å². The maximum atomic E-state index is 12.5. The molecule has 0 bridgehead atoms. The van der Waals surface area contributed by atoms with Crippen LogP contribution >= 0.6 is 11.3 Å². The molecule has 1 amide bonds. The lowest BCUT2D eigenvalue weighted by molar-refractivity contribution is 0.101. The molecule has 2 aromatic carbocycles. The third-order valence-electron chi connectivity index (χ3n) is 3.35. The smallest absolute Gasteiger partial charge is 0.275 e. The van der Waals surface area contributed by atoms with Crippen LogP contribution in [0.3, 0.4) is 0 Å². The van der Waals surface area contributed by atoms with Crippen molar-refractivity contribution in [3.63, 3.8) is 0 Å². The molecule has 1 aromatic heterocycles. The Morgan fingerprint density at radius 2 is 1.83 bits per heavy atom. The summed E-state index contributed by atoms with van der Waals surface area (Å²) in [6.45, 7) is 1.49. The Morgan fingerprint density at radius 1 is 1.04 bits per heavy atom. The van der Waals surface area contributed by atoms with Crippen LogP contribution in [0.5, 0.6) is 0 Å². The zero-order chi connectivity index (χ0) is 16.2. The summed E-state index contributed by atoms with van der Waals surface area (Å²) in [5.74, 6) is -0.328. The van der Waals surface area contributed by atoms with Gasteiger partial charge in [0.1, 0.15) is 5.69 Å². The van der Waals surface area contributed by atoms with E-state index in [0.29, 0.717) is 16.9 Å². The molecule has 3 rings (SSSR count). The second-order valence-electron chi connectivity index (χ2n) is 4.99. The topological polar surface area (TPSA) is 59.1 Å². The Labute approximate surface area is 137 Å². The van der Waals surface area contributed by atoms with E-state index in [4.69, 9.17) is 0 Å². The van der Waals surface area contributed by atoms with E-state index in [2.05, 4.69) is 10.3 Å². The average molecular weight is 322 g/mol. The summed E-state index contributed by atoms with van der Waals surface area (Å²) in [7, 11) is 0. The van der Waals surface area contributed by atoms with Gasteiger partial charge in [-0.1, -0.05) is 42.5 Å². The minimum absolute atomic E-state index is 0.0419. The van der Waals surface area contributed by atoms with Crippen molar-refractivity contribution < 1.29 is 9.59 Å². The van der Waals surface area contributed by atoms with Gasteiger partial charge in [-0.15, -0.1) is 11.3 Å². The van der Waals surface area contributed by atoms with E-state index < -0.39 is 0 Å². The standard InChI is InChI=1S/C18H14N2O2S/c1-12(21)14-8-5-9-15(10-14)20-18(22)16-17(23-11-19-16)13-6-3-2-4-7-13/h2-11H,1H3,(H,20,22). The van der Waals surface area contributed by atoms with Gasteiger partial charge in [-0.3, -0.25) is 9.59 Å². The highest BCUT2D eigenvalue weighted by molar-refractivity contribution is 7.13. The lowest BCUT2D eigenvalue weighted by atomic mass is 10.1. The number of thiazole rings is 1. The first-order valence-electron chi connectivity index (χ1n) is 7.06. The van der Waals surface area contributed by atoms with Crippen molar-refractivity contribution in [3.8, 4) is 10.4 Å². The van der Waals surface area contributed by atoms with Crippen molar-refractivity contribution in [2.45, 2.75) is 6.92 Å². The molecule has 0 aliphatic carbocycles. The van der Waals surface area contributed by atoms with E-state index in [1.807, 2.05) is 30.3 Å². The quantitative estimate of drug-likeness (QED) is 0.730. The first-order chi connectivity index (χ1) is 11.1. The van der Waals surface area contributed by atoms with Gasteiger partial charge in [0.05, 0.1) is 10.4 Å². The lowest BCUT2D eigenvalue weighted by Crippen LogP contribution is -2.13. The summed E-state index contributed by atoms with van der Waals surface area (Å²) in [5, 5.41) is 2.80. The van der Waals surface area contributed by atoms with E-state index in [1.54, 1.807) is 29.8 Å². The van der Waals surface area contributed by atoms with Gasteiger partial charge in [-0.2, -0.15) is 0 Å². The number of aromatic nitrogens is 1. The van der Waals surface area contributed by atoms with Gasteiger partial charge < -0.3 is 5.32 Å². The van der Waals surface area contributed by atoms with Crippen LogP contribution in [0.2, 0.25) is 0 Å². The zero-order valence-electron chi connectivity index (χ0n) is 12.4. The molecule has 0 spiro atoms. The average Bonchev–Trinajstić information content (AvgIpc) is 3.05. The number of carbonyl (C=O) groups is 2. The van der Waals surface area contributed by atoms with Gasteiger partial charge in [-0.05, 0) is 24.6 Å². The van der Waals surface area contributed by atoms with Gasteiger partial charge in [0.25, 0.3) is 5.91 Å². The fourth-order valence-corrected chi connectivity index (χ4v) is 3.00. The molecule has 1 heterocycles. The molecular weight excluding hydrogens is 308 g/mol. The third-order valence-corrected chi connectivity index (χ3v) is 4.22. The molecule has 0 radical (unpaired) electrons. The van der Waals surface area contributed by atoms with E-state index in [1.165, 1.54) is 18.3 Å². The maximum Gasteiger partial charge on any atom is 0.275 e. The van der Waals surface area contributed by atoms with Crippen molar-refractivity contribution in [1.29, 1.82) is 0 Å². The van der Waals surface area contributed by atoms with Crippen LogP contribution in [0.25, 0.3) is 10.4 Å². The van der Waals surface area contributed by atoms with Crippen LogP contribution < -0.4 is 5.32 Å². The Kier molecular flexibility index (Phi) is 4.30. The SMILES string of the molecule is CC(=O)c1cccc(NC(=O)c2ncsc2-c2ccccc2)c1. The lowest BCUT2D eigenvalue weighted by Gasteiger charge is -2.06. The number of rotatable bonds is 4. The number of anilines is 1. The van der Waals surface area contributed by atoms with E-state index >= 15 is 0 Å². The normalized spacial score (nSPS) is 10.3. The summed E-state index contributed by atoms with van der Waals surface area (Å²) in [6.07, 6.45) is 0. The number of nitrogens with zero attached hydrogens (tertiary/aromatic N) is 1. The monoisotopic (exact) mass is 322 g/mol. The van der Waals surface area contributed by atoms with E-state index in [0.717, 1.165) is 10.4 Å². The van der Waals surface area contributed by atoms with Gasteiger partial charge >= 0.3 is 0 Å². The van der Waals surface area contributed by atoms with Gasteiger partial charge in [-0.25, -0.2) is 4.98 Å². The molecular formula is C18H14N2O2S. The molecule has 5 heteroatoms.